The fourth-order valence-electron chi connectivity index (χ4n) is 3.34. The van der Waals surface area contributed by atoms with Crippen molar-refractivity contribution < 1.29 is 8.42 Å². The van der Waals surface area contributed by atoms with E-state index < -0.39 is 10.0 Å². The number of hydrogen-bond donors (Lipinski definition) is 2. The van der Waals surface area contributed by atoms with Gasteiger partial charge in [-0.05, 0) is 42.5 Å². The molecule has 3 aromatic rings. The minimum absolute atomic E-state index is 0.201. The van der Waals surface area contributed by atoms with Crippen molar-refractivity contribution in [1.82, 2.24) is 19.2 Å². The topological polar surface area (TPSA) is 89.3 Å². The number of aromatic nitrogens is 2. The summed E-state index contributed by atoms with van der Waals surface area (Å²) in [7, 11) is -3.58. The maximum atomic E-state index is 13.0. The van der Waals surface area contributed by atoms with E-state index in [1.165, 1.54) is 21.3 Å². The lowest BCUT2D eigenvalue weighted by molar-refractivity contribution is 0.197. The van der Waals surface area contributed by atoms with E-state index in [9.17, 15) is 13.2 Å². The Bertz CT molecular complexity index is 1150. The first-order valence-electron chi connectivity index (χ1n) is 9.25. The van der Waals surface area contributed by atoms with E-state index in [1.54, 1.807) is 17.8 Å². The lowest BCUT2D eigenvalue weighted by atomic mass is 10.3. The summed E-state index contributed by atoms with van der Waals surface area (Å²) in [6.45, 7) is 3.20. The normalized spacial score (nSPS) is 16.4. The molecule has 1 fully saturated rings. The van der Waals surface area contributed by atoms with Crippen LogP contribution >= 0.6 is 23.4 Å². The third-order valence-electron chi connectivity index (χ3n) is 4.95. The van der Waals surface area contributed by atoms with Crippen molar-refractivity contribution in [3.8, 4) is 0 Å². The van der Waals surface area contributed by atoms with Crippen LogP contribution < -0.4 is 5.69 Å². The summed E-state index contributed by atoms with van der Waals surface area (Å²) < 4.78 is 27.4. The van der Waals surface area contributed by atoms with E-state index in [0.717, 1.165) is 17.3 Å². The Morgan fingerprint density at radius 3 is 2.38 bits per heavy atom. The van der Waals surface area contributed by atoms with Gasteiger partial charge in [-0.1, -0.05) is 11.6 Å². The van der Waals surface area contributed by atoms with Crippen LogP contribution in [-0.2, 0) is 10.0 Å². The molecule has 0 aliphatic carbocycles. The minimum Gasteiger partial charge on any atom is -0.306 e. The van der Waals surface area contributed by atoms with Gasteiger partial charge >= 0.3 is 5.69 Å². The zero-order chi connectivity index (χ0) is 20.4. The van der Waals surface area contributed by atoms with Gasteiger partial charge in [0.1, 0.15) is 0 Å². The van der Waals surface area contributed by atoms with Crippen molar-refractivity contribution in [2.75, 3.05) is 38.5 Å². The Balaban J connectivity index is 1.33. The number of H-pyrrole nitrogens is 2. The minimum atomic E-state index is -3.58. The molecule has 4 rings (SSSR count). The highest BCUT2D eigenvalue weighted by atomic mass is 35.5. The third-order valence-corrected chi connectivity index (χ3v) is 8.09. The molecule has 29 heavy (non-hydrogen) atoms. The van der Waals surface area contributed by atoms with Gasteiger partial charge in [0, 0.05) is 48.4 Å². The number of fused-ring (bicyclic) bond motifs is 1. The highest BCUT2D eigenvalue weighted by Gasteiger charge is 2.28. The highest BCUT2D eigenvalue weighted by Crippen LogP contribution is 2.22. The molecule has 0 atom stereocenters. The summed E-state index contributed by atoms with van der Waals surface area (Å²) in [6.07, 6.45) is 0. The maximum Gasteiger partial charge on any atom is 0.323 e. The standard InChI is InChI=1S/C19H21ClN4O3S2/c20-14-1-3-15(4-2-14)28-12-11-23-7-9-24(10-8-23)29(26,27)16-5-6-17-18(13-16)22-19(25)21-17/h1-6,13H,7-12H2,(H2,21,22,25). The molecule has 0 radical (unpaired) electrons. The molecule has 10 heteroatoms. The summed E-state index contributed by atoms with van der Waals surface area (Å²) >= 11 is 7.67. The van der Waals surface area contributed by atoms with E-state index in [2.05, 4.69) is 14.9 Å². The molecule has 0 amide bonds. The Morgan fingerprint density at radius 2 is 1.66 bits per heavy atom. The average Bonchev–Trinajstić information content (AvgIpc) is 3.09. The lowest BCUT2D eigenvalue weighted by Gasteiger charge is -2.33. The Kier molecular flexibility index (Phi) is 6.03. The summed E-state index contributed by atoms with van der Waals surface area (Å²) in [5, 5.41) is 0.730. The third kappa shape index (κ3) is 4.70. The second-order valence-electron chi connectivity index (χ2n) is 6.83. The van der Waals surface area contributed by atoms with E-state index in [0.29, 0.717) is 37.2 Å². The monoisotopic (exact) mass is 452 g/mol. The predicted octanol–water partition coefficient (Wildman–Crippen LogP) is 2.61. The molecule has 2 N–H and O–H groups in total. The fourth-order valence-corrected chi connectivity index (χ4v) is 5.83. The molecule has 1 aliphatic heterocycles. The van der Waals surface area contributed by atoms with E-state index in [4.69, 9.17) is 11.6 Å². The molecule has 1 aliphatic rings. The van der Waals surface area contributed by atoms with Crippen LogP contribution in [0.2, 0.25) is 5.02 Å². The Morgan fingerprint density at radius 1 is 0.966 bits per heavy atom. The number of nitrogens with one attached hydrogen (secondary N) is 2. The highest BCUT2D eigenvalue weighted by molar-refractivity contribution is 7.99. The maximum absolute atomic E-state index is 13.0. The molecular formula is C19H21ClN4O3S2. The van der Waals surface area contributed by atoms with Gasteiger partial charge in [0.05, 0.1) is 15.9 Å². The number of hydrogen-bond acceptors (Lipinski definition) is 5. The Hall–Kier alpha value is -1.78. The lowest BCUT2D eigenvalue weighted by Crippen LogP contribution is -2.49. The van der Waals surface area contributed by atoms with Crippen LogP contribution in [0.5, 0.6) is 0 Å². The average molecular weight is 453 g/mol. The van der Waals surface area contributed by atoms with Gasteiger partial charge in [0.2, 0.25) is 10.0 Å². The number of rotatable bonds is 6. The summed E-state index contributed by atoms with van der Waals surface area (Å²) in [5.74, 6) is 0.936. The van der Waals surface area contributed by atoms with Crippen molar-refractivity contribution in [3.05, 3.63) is 58.0 Å². The van der Waals surface area contributed by atoms with E-state index in [-0.39, 0.29) is 10.6 Å². The summed E-state index contributed by atoms with van der Waals surface area (Å²) in [6, 6.07) is 12.4. The molecule has 0 spiro atoms. The van der Waals surface area contributed by atoms with Crippen LogP contribution in [0.1, 0.15) is 0 Å². The molecule has 2 aromatic carbocycles. The molecule has 0 bridgehead atoms. The molecule has 1 saturated heterocycles. The van der Waals surface area contributed by atoms with Crippen LogP contribution in [0.15, 0.2) is 57.1 Å². The van der Waals surface area contributed by atoms with Crippen LogP contribution in [0, 0.1) is 0 Å². The van der Waals surface area contributed by atoms with Gasteiger partial charge in [0.25, 0.3) is 0 Å². The number of piperazine rings is 1. The predicted molar refractivity (Wildman–Crippen MR) is 116 cm³/mol. The van der Waals surface area contributed by atoms with Gasteiger partial charge in [-0.15, -0.1) is 11.8 Å². The smallest absolute Gasteiger partial charge is 0.306 e. The van der Waals surface area contributed by atoms with Gasteiger partial charge in [-0.25, -0.2) is 13.2 Å². The van der Waals surface area contributed by atoms with E-state index >= 15 is 0 Å². The van der Waals surface area contributed by atoms with Crippen LogP contribution in [-0.4, -0.2) is 66.1 Å². The summed E-state index contributed by atoms with van der Waals surface area (Å²) in [5.41, 5.74) is 0.741. The van der Waals surface area contributed by atoms with Crippen LogP contribution in [0.3, 0.4) is 0 Å². The van der Waals surface area contributed by atoms with Crippen molar-refractivity contribution in [1.29, 1.82) is 0 Å². The largest absolute Gasteiger partial charge is 0.323 e. The molecule has 154 valence electrons. The van der Waals surface area contributed by atoms with Crippen molar-refractivity contribution >= 4 is 44.4 Å². The van der Waals surface area contributed by atoms with Crippen molar-refractivity contribution in [2.24, 2.45) is 0 Å². The first kappa shape index (κ1) is 20.5. The van der Waals surface area contributed by atoms with E-state index in [1.807, 2.05) is 24.3 Å². The second kappa shape index (κ2) is 8.53. The van der Waals surface area contributed by atoms with Crippen molar-refractivity contribution in [2.45, 2.75) is 9.79 Å². The molecule has 7 nitrogen and oxygen atoms in total. The number of aromatic amines is 2. The summed E-state index contributed by atoms with van der Waals surface area (Å²) in [4.78, 5) is 20.3. The van der Waals surface area contributed by atoms with Gasteiger partial charge in [-0.3, -0.25) is 4.90 Å². The number of nitrogens with zero attached hydrogens (tertiary/aromatic N) is 2. The number of benzene rings is 2. The number of thioether (sulfide) groups is 1. The number of halogens is 1. The zero-order valence-corrected chi connectivity index (χ0v) is 18.0. The van der Waals surface area contributed by atoms with Gasteiger partial charge in [-0.2, -0.15) is 4.31 Å². The first-order chi connectivity index (χ1) is 13.9. The molecule has 0 unspecified atom stereocenters. The van der Waals surface area contributed by atoms with Crippen LogP contribution in [0.25, 0.3) is 11.0 Å². The molecular weight excluding hydrogens is 432 g/mol. The molecule has 2 heterocycles. The number of sulfonamides is 1. The van der Waals surface area contributed by atoms with Crippen molar-refractivity contribution in [3.63, 3.8) is 0 Å². The Labute approximate surface area is 178 Å². The SMILES string of the molecule is O=c1[nH]c2ccc(S(=O)(=O)N3CCN(CCSc4ccc(Cl)cc4)CC3)cc2[nH]1. The second-order valence-corrected chi connectivity index (χ2v) is 10.4. The first-order valence-corrected chi connectivity index (χ1v) is 12.1. The van der Waals surface area contributed by atoms with Gasteiger partial charge < -0.3 is 9.97 Å². The van der Waals surface area contributed by atoms with Crippen LogP contribution in [0.4, 0.5) is 0 Å². The van der Waals surface area contributed by atoms with Gasteiger partial charge in [0.15, 0.2) is 0 Å². The quantitative estimate of drug-likeness (QED) is 0.561. The number of imidazole rings is 1. The molecule has 0 saturated carbocycles. The fraction of sp³-hybridized carbons (Fsp3) is 0.316. The molecule has 1 aromatic heterocycles. The zero-order valence-electron chi connectivity index (χ0n) is 15.6.